The Balaban J connectivity index is 2.21. The van der Waals surface area contributed by atoms with Gasteiger partial charge in [-0.1, -0.05) is 29.3 Å². The van der Waals surface area contributed by atoms with Gasteiger partial charge in [-0.15, -0.1) is 0 Å². The van der Waals surface area contributed by atoms with Crippen LogP contribution in [0.25, 0.3) is 0 Å². The summed E-state index contributed by atoms with van der Waals surface area (Å²) in [6.07, 6.45) is 0.0308. The van der Waals surface area contributed by atoms with Crippen molar-refractivity contribution < 1.29 is 23.8 Å². The first-order valence-corrected chi connectivity index (χ1v) is 8.72. The summed E-state index contributed by atoms with van der Waals surface area (Å²) in [6, 6.07) is 7.03. The van der Waals surface area contributed by atoms with Gasteiger partial charge in [0.05, 0.1) is 23.6 Å². The van der Waals surface area contributed by atoms with E-state index in [0.717, 1.165) is 0 Å². The van der Waals surface area contributed by atoms with Gasteiger partial charge in [-0.2, -0.15) is 0 Å². The summed E-state index contributed by atoms with van der Waals surface area (Å²) in [4.78, 5) is 23.7. The fourth-order valence-electron chi connectivity index (χ4n) is 2.44. The average Bonchev–Trinajstić information content (AvgIpc) is 2.61. The van der Waals surface area contributed by atoms with Crippen LogP contribution in [0.2, 0.25) is 10.0 Å². The number of ketones is 1. The third kappa shape index (κ3) is 4.96. The van der Waals surface area contributed by atoms with E-state index in [1.165, 1.54) is 24.3 Å². The minimum absolute atomic E-state index is 0.0715. The molecule has 0 saturated heterocycles. The number of carbonyl (C=O) groups excluding carboxylic acids is 2. The molecule has 0 aromatic heterocycles. The molecular weight excluding hydrogens is 382 g/mol. The van der Waals surface area contributed by atoms with E-state index in [2.05, 4.69) is 0 Å². The maximum Gasteiger partial charge on any atom is 0.306 e. The van der Waals surface area contributed by atoms with E-state index in [1.54, 1.807) is 13.0 Å². The van der Waals surface area contributed by atoms with Crippen molar-refractivity contribution in [2.45, 2.75) is 26.2 Å². The number of hydrogen-bond donors (Lipinski definition) is 1. The third-order valence-corrected chi connectivity index (χ3v) is 4.51. The lowest BCUT2D eigenvalue weighted by atomic mass is 9.98. The van der Waals surface area contributed by atoms with E-state index in [1.807, 2.05) is 0 Å². The molecule has 0 aliphatic carbocycles. The zero-order valence-corrected chi connectivity index (χ0v) is 15.5. The molecule has 138 valence electrons. The molecule has 0 atom stereocenters. The van der Waals surface area contributed by atoms with Crippen LogP contribution in [0.1, 0.15) is 41.3 Å². The SMILES string of the molecule is CCOC(=O)CCC(=O)c1cc(Cc2c(Cl)ccc(F)c2Cl)ccc1O. The number of benzene rings is 2. The van der Waals surface area contributed by atoms with Gasteiger partial charge in [0, 0.05) is 17.9 Å². The van der Waals surface area contributed by atoms with Gasteiger partial charge in [0.2, 0.25) is 0 Å². The summed E-state index contributed by atoms with van der Waals surface area (Å²) in [5.74, 6) is -1.65. The number of esters is 1. The highest BCUT2D eigenvalue weighted by Crippen LogP contribution is 2.30. The Hall–Kier alpha value is -2.11. The molecule has 0 saturated carbocycles. The number of halogens is 3. The van der Waals surface area contributed by atoms with Crippen LogP contribution in [0.4, 0.5) is 4.39 Å². The van der Waals surface area contributed by atoms with E-state index in [0.29, 0.717) is 16.1 Å². The normalized spacial score (nSPS) is 10.6. The molecular formula is C19H17Cl2FO4. The molecule has 2 rings (SSSR count). The van der Waals surface area contributed by atoms with Gasteiger partial charge in [0.1, 0.15) is 11.6 Å². The Morgan fingerprint density at radius 1 is 1.15 bits per heavy atom. The standard InChI is InChI=1S/C19H17Cl2FO4/c1-2-26-18(25)8-7-17(24)13-10-11(3-6-16(13)23)9-12-14(20)4-5-15(22)19(12)21/h3-6,10,23H,2,7-9H2,1H3. The van der Waals surface area contributed by atoms with Crippen molar-refractivity contribution in [3.05, 3.63) is 62.9 Å². The van der Waals surface area contributed by atoms with Gasteiger partial charge in [0.25, 0.3) is 0 Å². The van der Waals surface area contributed by atoms with E-state index >= 15 is 0 Å². The van der Waals surface area contributed by atoms with Gasteiger partial charge in [-0.05, 0) is 42.3 Å². The summed E-state index contributed by atoms with van der Waals surface area (Å²) in [6.45, 7) is 1.92. The molecule has 1 N–H and O–H groups in total. The van der Waals surface area contributed by atoms with Gasteiger partial charge < -0.3 is 9.84 Å². The second-order valence-electron chi connectivity index (χ2n) is 5.58. The Morgan fingerprint density at radius 2 is 1.88 bits per heavy atom. The fourth-order valence-corrected chi connectivity index (χ4v) is 2.94. The predicted octanol–water partition coefficient (Wildman–Crippen LogP) is 4.95. The topological polar surface area (TPSA) is 63.6 Å². The van der Waals surface area contributed by atoms with Crippen LogP contribution in [0.3, 0.4) is 0 Å². The Kier molecular flexibility index (Phi) is 7.00. The minimum atomic E-state index is -0.587. The number of phenols is 1. The lowest BCUT2D eigenvalue weighted by Gasteiger charge is -2.10. The van der Waals surface area contributed by atoms with Gasteiger partial charge in [0.15, 0.2) is 5.78 Å². The average molecular weight is 399 g/mol. The van der Waals surface area contributed by atoms with Crippen molar-refractivity contribution in [2.75, 3.05) is 6.61 Å². The first-order valence-electron chi connectivity index (χ1n) is 7.96. The van der Waals surface area contributed by atoms with E-state index in [-0.39, 0.29) is 42.2 Å². The summed E-state index contributed by atoms with van der Waals surface area (Å²) in [7, 11) is 0. The molecule has 0 aliphatic heterocycles. The molecule has 0 radical (unpaired) electrons. The highest BCUT2D eigenvalue weighted by molar-refractivity contribution is 6.36. The molecule has 7 heteroatoms. The molecule has 0 heterocycles. The zero-order chi connectivity index (χ0) is 19.3. The Morgan fingerprint density at radius 3 is 2.58 bits per heavy atom. The largest absolute Gasteiger partial charge is 0.507 e. The van der Waals surface area contributed by atoms with Crippen molar-refractivity contribution in [1.82, 2.24) is 0 Å². The number of ether oxygens (including phenoxy) is 1. The van der Waals surface area contributed by atoms with Crippen molar-refractivity contribution in [2.24, 2.45) is 0 Å². The Bertz CT molecular complexity index is 837. The van der Waals surface area contributed by atoms with Crippen LogP contribution in [0.15, 0.2) is 30.3 Å². The minimum Gasteiger partial charge on any atom is -0.507 e. The molecule has 0 unspecified atom stereocenters. The number of carbonyl (C=O) groups is 2. The predicted molar refractivity (Wildman–Crippen MR) is 97.5 cm³/mol. The van der Waals surface area contributed by atoms with Crippen molar-refractivity contribution in [3.63, 3.8) is 0 Å². The summed E-state index contributed by atoms with van der Waals surface area (Å²) in [5, 5.41) is 10.2. The fraction of sp³-hybridized carbons (Fsp3) is 0.263. The lowest BCUT2D eigenvalue weighted by Crippen LogP contribution is -2.08. The molecule has 2 aromatic carbocycles. The van der Waals surface area contributed by atoms with E-state index < -0.39 is 17.6 Å². The second kappa shape index (κ2) is 9.01. The maximum absolute atomic E-state index is 13.6. The van der Waals surface area contributed by atoms with Crippen LogP contribution in [-0.2, 0) is 16.0 Å². The molecule has 0 fully saturated rings. The Labute approximate surface area is 160 Å². The summed E-state index contributed by atoms with van der Waals surface area (Å²) >= 11 is 12.0. The van der Waals surface area contributed by atoms with Crippen LogP contribution in [0, 0.1) is 5.82 Å². The number of hydrogen-bond acceptors (Lipinski definition) is 4. The van der Waals surface area contributed by atoms with Crippen LogP contribution < -0.4 is 0 Å². The molecule has 0 aliphatic rings. The molecule has 4 nitrogen and oxygen atoms in total. The smallest absolute Gasteiger partial charge is 0.306 e. The van der Waals surface area contributed by atoms with E-state index in [4.69, 9.17) is 27.9 Å². The maximum atomic E-state index is 13.6. The molecule has 0 amide bonds. The van der Waals surface area contributed by atoms with Crippen molar-refractivity contribution in [3.8, 4) is 5.75 Å². The lowest BCUT2D eigenvalue weighted by molar-refractivity contribution is -0.143. The second-order valence-corrected chi connectivity index (χ2v) is 6.36. The van der Waals surface area contributed by atoms with Crippen LogP contribution >= 0.6 is 23.2 Å². The third-order valence-electron chi connectivity index (χ3n) is 3.74. The van der Waals surface area contributed by atoms with Crippen LogP contribution in [0.5, 0.6) is 5.75 Å². The number of aromatic hydroxyl groups is 1. The number of Topliss-reactive ketones (excluding diaryl/α,β-unsaturated/α-hetero) is 1. The highest BCUT2D eigenvalue weighted by atomic mass is 35.5. The first-order chi connectivity index (χ1) is 12.3. The van der Waals surface area contributed by atoms with Gasteiger partial charge in [-0.3, -0.25) is 9.59 Å². The molecule has 0 bridgehead atoms. The first kappa shape index (κ1) is 20.2. The van der Waals surface area contributed by atoms with Crippen LogP contribution in [-0.4, -0.2) is 23.5 Å². The monoisotopic (exact) mass is 398 g/mol. The van der Waals surface area contributed by atoms with Gasteiger partial charge >= 0.3 is 5.97 Å². The molecule has 0 spiro atoms. The summed E-state index contributed by atoms with van der Waals surface area (Å²) in [5.41, 5.74) is 1.09. The number of rotatable bonds is 7. The summed E-state index contributed by atoms with van der Waals surface area (Å²) < 4.78 is 18.4. The van der Waals surface area contributed by atoms with E-state index in [9.17, 15) is 19.1 Å². The molecule has 2 aromatic rings. The zero-order valence-electron chi connectivity index (χ0n) is 14.0. The van der Waals surface area contributed by atoms with Crippen molar-refractivity contribution >= 4 is 35.0 Å². The molecule has 26 heavy (non-hydrogen) atoms. The van der Waals surface area contributed by atoms with Gasteiger partial charge in [-0.25, -0.2) is 4.39 Å². The highest BCUT2D eigenvalue weighted by Gasteiger charge is 2.16. The van der Waals surface area contributed by atoms with Crippen molar-refractivity contribution in [1.29, 1.82) is 0 Å². The number of phenolic OH excluding ortho intramolecular Hbond substituents is 1. The quantitative estimate of drug-likeness (QED) is 0.406.